The average molecular weight is 353 g/mol. The summed E-state index contributed by atoms with van der Waals surface area (Å²) in [4.78, 5) is 22.9. The molecule has 8 nitrogen and oxygen atoms in total. The lowest BCUT2D eigenvalue weighted by molar-refractivity contribution is 0.0588. The molecule has 1 aromatic heterocycles. The number of anilines is 1. The van der Waals surface area contributed by atoms with E-state index in [-0.39, 0.29) is 17.9 Å². The third-order valence-electron chi connectivity index (χ3n) is 4.64. The van der Waals surface area contributed by atoms with Gasteiger partial charge in [-0.25, -0.2) is 18.4 Å². The van der Waals surface area contributed by atoms with Gasteiger partial charge in [0.05, 0.1) is 11.8 Å². The van der Waals surface area contributed by atoms with Crippen molar-refractivity contribution in [1.29, 1.82) is 0 Å². The van der Waals surface area contributed by atoms with Crippen molar-refractivity contribution in [1.82, 2.24) is 19.2 Å². The molecule has 0 saturated carbocycles. The van der Waals surface area contributed by atoms with Gasteiger partial charge < -0.3 is 10.2 Å². The molecule has 3 fully saturated rings. The van der Waals surface area contributed by atoms with Crippen molar-refractivity contribution in [2.45, 2.75) is 25.8 Å². The van der Waals surface area contributed by atoms with Crippen LogP contribution in [0.25, 0.3) is 0 Å². The number of sulfonamides is 1. The fourth-order valence-electron chi connectivity index (χ4n) is 3.41. The summed E-state index contributed by atoms with van der Waals surface area (Å²) in [5.74, 6) is 0.558. The highest BCUT2D eigenvalue weighted by Crippen LogP contribution is 2.30. The Balaban J connectivity index is 1.78. The van der Waals surface area contributed by atoms with Crippen LogP contribution in [0.5, 0.6) is 0 Å². The van der Waals surface area contributed by atoms with Crippen LogP contribution < -0.4 is 5.32 Å². The number of hydrogen-bond donors (Lipinski definition) is 1. The molecular formula is C15H23N5O3S. The lowest BCUT2D eigenvalue weighted by atomic mass is 9.94. The Morgan fingerprint density at radius 3 is 2.58 bits per heavy atom. The summed E-state index contributed by atoms with van der Waals surface area (Å²) in [6.07, 6.45) is 6.08. The van der Waals surface area contributed by atoms with E-state index < -0.39 is 10.0 Å². The number of amides is 1. The molecule has 132 valence electrons. The molecule has 0 radical (unpaired) electrons. The SMILES string of the molecule is CCNc1ncc(C(=O)N2C[C@@H]3CC[C@H]2CN(S(C)(=O)=O)C3)cn1. The van der Waals surface area contributed by atoms with E-state index in [4.69, 9.17) is 0 Å². The fourth-order valence-corrected chi connectivity index (χ4v) is 4.34. The maximum absolute atomic E-state index is 12.8. The molecule has 0 unspecified atom stereocenters. The van der Waals surface area contributed by atoms with Gasteiger partial charge in [0.25, 0.3) is 5.91 Å². The van der Waals surface area contributed by atoms with E-state index in [1.165, 1.54) is 23.0 Å². The number of carbonyl (C=O) groups excluding carboxylic acids is 1. The Hall–Kier alpha value is -1.74. The van der Waals surface area contributed by atoms with Crippen molar-refractivity contribution in [3.63, 3.8) is 0 Å². The fraction of sp³-hybridized carbons (Fsp3) is 0.667. The molecule has 0 aromatic carbocycles. The molecule has 0 spiro atoms. The van der Waals surface area contributed by atoms with Crippen molar-refractivity contribution < 1.29 is 13.2 Å². The van der Waals surface area contributed by atoms with Gasteiger partial charge in [-0.05, 0) is 25.7 Å². The molecular weight excluding hydrogens is 330 g/mol. The number of rotatable bonds is 4. The minimum absolute atomic E-state index is 0.0839. The number of fused-ring (bicyclic) bond motifs is 4. The van der Waals surface area contributed by atoms with Crippen LogP contribution in [0, 0.1) is 5.92 Å². The lowest BCUT2D eigenvalue weighted by Crippen LogP contribution is -2.47. The van der Waals surface area contributed by atoms with E-state index in [9.17, 15) is 13.2 Å². The van der Waals surface area contributed by atoms with Crippen LogP contribution in [0.2, 0.25) is 0 Å². The largest absolute Gasteiger partial charge is 0.355 e. The van der Waals surface area contributed by atoms with Crippen LogP contribution >= 0.6 is 0 Å². The molecule has 0 aliphatic carbocycles. The van der Waals surface area contributed by atoms with Gasteiger partial charge in [0, 0.05) is 44.6 Å². The third kappa shape index (κ3) is 3.51. The summed E-state index contributed by atoms with van der Waals surface area (Å²) in [6, 6.07) is -0.0839. The van der Waals surface area contributed by atoms with Crippen LogP contribution in [-0.2, 0) is 10.0 Å². The first-order valence-electron chi connectivity index (χ1n) is 8.20. The van der Waals surface area contributed by atoms with E-state index in [2.05, 4.69) is 15.3 Å². The van der Waals surface area contributed by atoms with Crippen LogP contribution in [-0.4, -0.2) is 72.0 Å². The molecule has 2 atom stereocenters. The highest BCUT2D eigenvalue weighted by molar-refractivity contribution is 7.88. The number of hydrogen-bond acceptors (Lipinski definition) is 6. The zero-order valence-electron chi connectivity index (χ0n) is 14.0. The summed E-state index contributed by atoms with van der Waals surface area (Å²) in [5.41, 5.74) is 0.440. The van der Waals surface area contributed by atoms with Gasteiger partial charge in [0.1, 0.15) is 0 Å². The topological polar surface area (TPSA) is 95.5 Å². The van der Waals surface area contributed by atoms with Crippen LogP contribution in [0.4, 0.5) is 5.95 Å². The van der Waals surface area contributed by atoms with Crippen molar-refractivity contribution in [2.75, 3.05) is 37.8 Å². The molecule has 1 aromatic rings. The third-order valence-corrected chi connectivity index (χ3v) is 5.88. The van der Waals surface area contributed by atoms with E-state index in [0.29, 0.717) is 37.7 Å². The predicted molar refractivity (Wildman–Crippen MR) is 90.2 cm³/mol. The van der Waals surface area contributed by atoms with E-state index in [0.717, 1.165) is 12.8 Å². The van der Waals surface area contributed by atoms with Gasteiger partial charge in [-0.3, -0.25) is 4.79 Å². The van der Waals surface area contributed by atoms with E-state index in [1.54, 1.807) is 4.90 Å². The number of aromatic nitrogens is 2. The van der Waals surface area contributed by atoms with Crippen LogP contribution in [0.1, 0.15) is 30.1 Å². The Bertz CT molecular complexity index is 706. The summed E-state index contributed by atoms with van der Waals surface area (Å²) in [5, 5.41) is 2.99. The maximum Gasteiger partial charge on any atom is 0.257 e. The Morgan fingerprint density at radius 2 is 1.96 bits per heavy atom. The average Bonchev–Trinajstić information content (AvgIpc) is 2.87. The first-order valence-corrected chi connectivity index (χ1v) is 10.0. The number of carbonyl (C=O) groups is 1. The second-order valence-electron chi connectivity index (χ2n) is 6.46. The van der Waals surface area contributed by atoms with Gasteiger partial charge in [0.2, 0.25) is 16.0 Å². The summed E-state index contributed by atoms with van der Waals surface area (Å²) < 4.78 is 25.3. The van der Waals surface area contributed by atoms with Crippen LogP contribution in [0.15, 0.2) is 12.4 Å². The molecule has 1 amide bonds. The minimum Gasteiger partial charge on any atom is -0.355 e. The zero-order chi connectivity index (χ0) is 17.3. The lowest BCUT2D eigenvalue weighted by Gasteiger charge is -2.36. The van der Waals surface area contributed by atoms with Gasteiger partial charge in [0.15, 0.2) is 0 Å². The second kappa shape index (κ2) is 6.64. The van der Waals surface area contributed by atoms with Gasteiger partial charge in [-0.15, -0.1) is 0 Å². The highest BCUT2D eigenvalue weighted by Gasteiger charge is 2.39. The molecule has 3 aliphatic heterocycles. The maximum atomic E-state index is 12.8. The Labute approximate surface area is 142 Å². The summed E-state index contributed by atoms with van der Waals surface area (Å²) >= 11 is 0. The number of nitrogens with zero attached hydrogens (tertiary/aromatic N) is 4. The monoisotopic (exact) mass is 353 g/mol. The Kier molecular flexibility index (Phi) is 4.73. The quantitative estimate of drug-likeness (QED) is 0.842. The molecule has 1 N–H and O–H groups in total. The number of nitrogens with one attached hydrogen (secondary N) is 1. The summed E-state index contributed by atoms with van der Waals surface area (Å²) in [6.45, 7) is 4.12. The normalized spacial score (nSPS) is 24.7. The number of piperidine rings is 1. The smallest absolute Gasteiger partial charge is 0.257 e. The second-order valence-corrected chi connectivity index (χ2v) is 8.44. The molecule has 4 rings (SSSR count). The van der Waals surface area contributed by atoms with Crippen molar-refractivity contribution in [3.05, 3.63) is 18.0 Å². The molecule has 3 aliphatic rings. The van der Waals surface area contributed by atoms with Crippen molar-refractivity contribution in [2.24, 2.45) is 5.92 Å². The van der Waals surface area contributed by atoms with Crippen LogP contribution in [0.3, 0.4) is 0 Å². The highest BCUT2D eigenvalue weighted by atomic mass is 32.2. The summed E-state index contributed by atoms with van der Waals surface area (Å²) in [7, 11) is -3.24. The predicted octanol–water partition coefficient (Wildman–Crippen LogP) is 0.404. The van der Waals surface area contributed by atoms with Gasteiger partial charge in [-0.2, -0.15) is 4.31 Å². The minimum atomic E-state index is -3.24. The van der Waals surface area contributed by atoms with Crippen molar-refractivity contribution >= 4 is 21.9 Å². The van der Waals surface area contributed by atoms with E-state index in [1.807, 2.05) is 6.92 Å². The van der Waals surface area contributed by atoms with Crippen molar-refractivity contribution in [3.8, 4) is 0 Å². The van der Waals surface area contributed by atoms with Gasteiger partial charge in [-0.1, -0.05) is 0 Å². The standard InChI is InChI=1S/C15H23N5O3S/c1-3-16-15-17-6-12(7-18-15)14(21)20-9-11-4-5-13(20)10-19(8-11)24(2,22)23/h6-7,11,13H,3-5,8-10H2,1-2H3,(H,16,17,18)/t11-,13+/m1/s1. The first kappa shape index (κ1) is 17.1. The molecule has 3 saturated heterocycles. The van der Waals surface area contributed by atoms with Gasteiger partial charge >= 0.3 is 0 Å². The van der Waals surface area contributed by atoms with E-state index >= 15 is 0 Å². The molecule has 4 heterocycles. The zero-order valence-corrected chi connectivity index (χ0v) is 14.8. The first-order chi connectivity index (χ1) is 11.4. The molecule has 9 heteroatoms. The molecule has 24 heavy (non-hydrogen) atoms. The molecule has 2 bridgehead atoms. The Morgan fingerprint density at radius 1 is 1.25 bits per heavy atom.